The average Bonchev–Trinajstić information content (AvgIpc) is 3.58. The van der Waals surface area contributed by atoms with Crippen molar-refractivity contribution in [3.63, 3.8) is 0 Å². The standard InChI is InChI=1S/C26H18N4S2/c1-2-4-18-6-8-20(9-7-18)30-22(25-5-3-14-31-25)10-11-23(30)26-13-12-24(32-26)21(17-29)19(15-27)16-28/h3,5-14H,2,4H2,1H3. The molecule has 0 bridgehead atoms. The van der Waals surface area contributed by atoms with Crippen LogP contribution in [-0.4, -0.2) is 4.57 Å². The molecule has 3 aromatic heterocycles. The predicted octanol–water partition coefficient (Wildman–Crippen LogP) is 7.21. The normalized spacial score (nSPS) is 10.2. The molecule has 3 heterocycles. The highest BCUT2D eigenvalue weighted by molar-refractivity contribution is 7.16. The van der Waals surface area contributed by atoms with Crippen LogP contribution in [0.4, 0.5) is 0 Å². The molecule has 0 saturated heterocycles. The first-order valence-corrected chi connectivity index (χ1v) is 11.8. The molecule has 0 fully saturated rings. The van der Waals surface area contributed by atoms with Gasteiger partial charge in [-0.05, 0) is 59.8 Å². The fourth-order valence-electron chi connectivity index (χ4n) is 3.61. The molecule has 4 nitrogen and oxygen atoms in total. The molecule has 0 unspecified atom stereocenters. The van der Waals surface area contributed by atoms with E-state index in [0.717, 1.165) is 34.8 Å². The zero-order valence-electron chi connectivity index (χ0n) is 17.4. The van der Waals surface area contributed by atoms with Crippen molar-refractivity contribution in [2.45, 2.75) is 19.8 Å². The Kier molecular flexibility index (Phi) is 6.34. The number of nitriles is 3. The summed E-state index contributed by atoms with van der Waals surface area (Å²) in [6.45, 7) is 2.18. The fraction of sp³-hybridized carbons (Fsp3) is 0.115. The summed E-state index contributed by atoms with van der Waals surface area (Å²) in [4.78, 5) is 2.74. The lowest BCUT2D eigenvalue weighted by Crippen LogP contribution is -1.98. The van der Waals surface area contributed by atoms with Crippen LogP contribution in [0.25, 0.3) is 32.4 Å². The molecule has 0 N–H and O–H groups in total. The van der Waals surface area contributed by atoms with Crippen molar-refractivity contribution in [2.75, 3.05) is 0 Å². The molecule has 0 aliphatic heterocycles. The van der Waals surface area contributed by atoms with Gasteiger partial charge in [-0.1, -0.05) is 31.5 Å². The lowest BCUT2D eigenvalue weighted by molar-refractivity contribution is 0.920. The van der Waals surface area contributed by atoms with Crippen molar-refractivity contribution in [2.24, 2.45) is 0 Å². The van der Waals surface area contributed by atoms with Gasteiger partial charge in [0.1, 0.15) is 23.8 Å². The molecule has 0 atom stereocenters. The molecule has 6 heteroatoms. The lowest BCUT2D eigenvalue weighted by Gasteiger charge is -2.13. The molecule has 32 heavy (non-hydrogen) atoms. The Morgan fingerprint density at radius 3 is 2.16 bits per heavy atom. The summed E-state index contributed by atoms with van der Waals surface area (Å²) in [5.74, 6) is 0. The maximum absolute atomic E-state index is 9.52. The van der Waals surface area contributed by atoms with E-state index in [1.165, 1.54) is 21.8 Å². The van der Waals surface area contributed by atoms with Crippen LogP contribution < -0.4 is 0 Å². The lowest BCUT2D eigenvalue weighted by atomic mass is 10.1. The molecule has 4 aromatic rings. The van der Waals surface area contributed by atoms with Gasteiger partial charge in [0.15, 0.2) is 0 Å². The maximum Gasteiger partial charge on any atom is 0.148 e. The molecule has 0 aliphatic carbocycles. The topological polar surface area (TPSA) is 76.3 Å². The number of benzene rings is 1. The van der Waals surface area contributed by atoms with Gasteiger partial charge in [-0.2, -0.15) is 15.8 Å². The van der Waals surface area contributed by atoms with Crippen molar-refractivity contribution in [3.8, 4) is 45.0 Å². The Bertz CT molecular complexity index is 1380. The van der Waals surface area contributed by atoms with Gasteiger partial charge in [-0.3, -0.25) is 0 Å². The summed E-state index contributed by atoms with van der Waals surface area (Å²) in [7, 11) is 0. The molecule has 0 spiro atoms. The van der Waals surface area contributed by atoms with E-state index in [1.807, 2.05) is 30.3 Å². The molecular formula is C26H18N4S2. The smallest absolute Gasteiger partial charge is 0.148 e. The summed E-state index contributed by atoms with van der Waals surface area (Å²) in [5.41, 5.74) is 4.42. The van der Waals surface area contributed by atoms with Crippen LogP contribution in [0.1, 0.15) is 23.8 Å². The molecular weight excluding hydrogens is 432 g/mol. The zero-order valence-corrected chi connectivity index (χ0v) is 19.0. The largest absolute Gasteiger partial charge is 0.308 e. The van der Waals surface area contributed by atoms with E-state index in [-0.39, 0.29) is 11.1 Å². The Labute approximate surface area is 195 Å². The Morgan fingerprint density at radius 1 is 0.844 bits per heavy atom. The molecule has 154 valence electrons. The van der Waals surface area contributed by atoms with E-state index >= 15 is 0 Å². The minimum Gasteiger partial charge on any atom is -0.308 e. The third kappa shape index (κ3) is 4.01. The van der Waals surface area contributed by atoms with Crippen LogP contribution in [0.15, 0.2) is 71.6 Å². The van der Waals surface area contributed by atoms with Crippen LogP contribution >= 0.6 is 22.7 Å². The van der Waals surface area contributed by atoms with E-state index in [4.69, 9.17) is 0 Å². The Morgan fingerprint density at radius 2 is 1.56 bits per heavy atom. The number of hydrogen-bond donors (Lipinski definition) is 0. The third-order valence-corrected chi connectivity index (χ3v) is 7.10. The highest BCUT2D eigenvalue weighted by Gasteiger charge is 2.18. The van der Waals surface area contributed by atoms with E-state index < -0.39 is 0 Å². The van der Waals surface area contributed by atoms with Gasteiger partial charge in [0.05, 0.1) is 26.7 Å². The van der Waals surface area contributed by atoms with Gasteiger partial charge in [0.2, 0.25) is 0 Å². The van der Waals surface area contributed by atoms with Crippen molar-refractivity contribution < 1.29 is 0 Å². The van der Waals surface area contributed by atoms with Crippen LogP contribution in [0, 0.1) is 34.0 Å². The van der Waals surface area contributed by atoms with E-state index in [1.54, 1.807) is 17.4 Å². The van der Waals surface area contributed by atoms with Crippen molar-refractivity contribution in [3.05, 3.63) is 82.1 Å². The van der Waals surface area contributed by atoms with Gasteiger partial charge in [0.25, 0.3) is 0 Å². The van der Waals surface area contributed by atoms with Crippen molar-refractivity contribution >= 4 is 28.2 Å². The summed E-state index contributed by atoms with van der Waals surface area (Å²) >= 11 is 3.10. The monoisotopic (exact) mass is 450 g/mol. The van der Waals surface area contributed by atoms with Crippen molar-refractivity contribution in [1.82, 2.24) is 4.57 Å². The van der Waals surface area contributed by atoms with Gasteiger partial charge in [-0.15, -0.1) is 22.7 Å². The number of aromatic nitrogens is 1. The third-order valence-electron chi connectivity index (χ3n) is 5.08. The fourth-order valence-corrected chi connectivity index (χ4v) is 5.37. The van der Waals surface area contributed by atoms with Crippen LogP contribution in [0.5, 0.6) is 0 Å². The summed E-state index contributed by atoms with van der Waals surface area (Å²) in [6.07, 6.45) is 2.16. The Balaban J connectivity index is 1.86. The van der Waals surface area contributed by atoms with E-state index in [9.17, 15) is 15.8 Å². The SMILES string of the molecule is CCCc1ccc(-n2c(-c3cccs3)ccc2-c2ccc(C(C#N)=C(C#N)C#N)s2)cc1. The molecule has 0 radical (unpaired) electrons. The van der Waals surface area contributed by atoms with E-state index in [2.05, 4.69) is 59.3 Å². The molecule has 0 saturated carbocycles. The van der Waals surface area contributed by atoms with Gasteiger partial charge in [-0.25, -0.2) is 0 Å². The Hall–Kier alpha value is -3.89. The second-order valence-electron chi connectivity index (χ2n) is 7.08. The minimum atomic E-state index is -0.165. The first kappa shape index (κ1) is 21.3. The van der Waals surface area contributed by atoms with Gasteiger partial charge in [0, 0.05) is 10.6 Å². The highest BCUT2D eigenvalue weighted by atomic mass is 32.1. The number of rotatable bonds is 6. The van der Waals surface area contributed by atoms with Gasteiger partial charge < -0.3 is 4.57 Å². The van der Waals surface area contributed by atoms with E-state index in [0.29, 0.717) is 4.88 Å². The quantitative estimate of drug-likeness (QED) is 0.291. The van der Waals surface area contributed by atoms with Crippen LogP contribution in [-0.2, 0) is 6.42 Å². The number of nitrogens with zero attached hydrogens (tertiary/aromatic N) is 4. The summed E-state index contributed by atoms with van der Waals surface area (Å²) in [5, 5.41) is 30.0. The second-order valence-corrected chi connectivity index (χ2v) is 9.11. The maximum atomic E-state index is 9.52. The highest BCUT2D eigenvalue weighted by Crippen LogP contribution is 2.38. The number of allylic oxidation sites excluding steroid dienone is 2. The molecule has 0 amide bonds. The summed E-state index contributed by atoms with van der Waals surface area (Å²) < 4.78 is 2.22. The predicted molar refractivity (Wildman–Crippen MR) is 130 cm³/mol. The molecule has 1 aromatic carbocycles. The van der Waals surface area contributed by atoms with Crippen molar-refractivity contribution in [1.29, 1.82) is 15.8 Å². The van der Waals surface area contributed by atoms with Crippen LogP contribution in [0.2, 0.25) is 0 Å². The van der Waals surface area contributed by atoms with Crippen LogP contribution in [0.3, 0.4) is 0 Å². The average molecular weight is 451 g/mol. The first-order chi connectivity index (χ1) is 15.7. The number of aryl methyl sites for hydroxylation is 1. The number of thiophene rings is 2. The zero-order chi connectivity index (χ0) is 22.5. The summed E-state index contributed by atoms with van der Waals surface area (Å²) in [6, 6.07) is 26.4. The first-order valence-electron chi connectivity index (χ1n) is 10.1. The molecule has 4 rings (SSSR count). The second kappa shape index (κ2) is 9.50. The molecule has 0 aliphatic rings. The number of hydrogen-bond acceptors (Lipinski definition) is 5. The van der Waals surface area contributed by atoms with Gasteiger partial charge >= 0.3 is 0 Å². The minimum absolute atomic E-state index is 0.117.